The van der Waals surface area contributed by atoms with Crippen LogP contribution in [-0.2, 0) is 11.3 Å². The largest absolute Gasteiger partial charge is 0.461 e. The van der Waals surface area contributed by atoms with Gasteiger partial charge in [0.05, 0.1) is 30.2 Å². The summed E-state index contributed by atoms with van der Waals surface area (Å²) in [5, 5.41) is 20.9. The average molecular weight is 415 g/mol. The summed E-state index contributed by atoms with van der Waals surface area (Å²) in [5.74, 6) is 1.18. The highest BCUT2D eigenvalue weighted by Gasteiger charge is 2.18. The van der Waals surface area contributed by atoms with Gasteiger partial charge in [-0.2, -0.15) is 5.26 Å². The zero-order valence-electron chi connectivity index (χ0n) is 15.9. The van der Waals surface area contributed by atoms with Crippen LogP contribution in [0.25, 0.3) is 11.6 Å². The summed E-state index contributed by atoms with van der Waals surface area (Å²) in [5.41, 5.74) is 2.16. The molecule has 2 heterocycles. The van der Waals surface area contributed by atoms with E-state index in [-0.39, 0.29) is 11.7 Å². The normalized spacial score (nSPS) is 10.5. The molecule has 2 aromatic carbocycles. The number of carbonyl (C=O) groups is 1. The van der Waals surface area contributed by atoms with E-state index in [4.69, 9.17) is 9.68 Å². The maximum atomic E-state index is 12.4. The van der Waals surface area contributed by atoms with Crippen LogP contribution in [0.1, 0.15) is 11.1 Å². The fourth-order valence-electron chi connectivity index (χ4n) is 2.89. The molecule has 148 valence electrons. The van der Waals surface area contributed by atoms with Crippen LogP contribution >= 0.6 is 11.8 Å². The monoisotopic (exact) mass is 415 g/mol. The van der Waals surface area contributed by atoms with E-state index >= 15 is 0 Å². The van der Waals surface area contributed by atoms with Crippen LogP contribution in [0.5, 0.6) is 0 Å². The lowest BCUT2D eigenvalue weighted by Gasteiger charge is -2.09. The number of aromatic nitrogens is 3. The number of nitriles is 1. The van der Waals surface area contributed by atoms with Crippen molar-refractivity contribution in [2.24, 2.45) is 0 Å². The highest BCUT2D eigenvalue weighted by Crippen LogP contribution is 2.25. The second-order valence-electron chi connectivity index (χ2n) is 6.38. The van der Waals surface area contributed by atoms with Gasteiger partial charge in [0.15, 0.2) is 10.9 Å². The topological polar surface area (TPSA) is 96.7 Å². The fourth-order valence-corrected chi connectivity index (χ4v) is 3.62. The van der Waals surface area contributed by atoms with E-state index in [0.29, 0.717) is 34.5 Å². The molecule has 0 saturated heterocycles. The molecule has 0 unspecified atom stereocenters. The van der Waals surface area contributed by atoms with Crippen molar-refractivity contribution in [3.63, 3.8) is 0 Å². The molecule has 0 fully saturated rings. The molecule has 0 radical (unpaired) electrons. The number of amides is 1. The maximum absolute atomic E-state index is 12.4. The van der Waals surface area contributed by atoms with Crippen molar-refractivity contribution in [2.45, 2.75) is 11.7 Å². The third-order valence-electron chi connectivity index (χ3n) is 4.25. The molecule has 0 aliphatic heterocycles. The number of thioether (sulfide) groups is 1. The Balaban J connectivity index is 1.50. The Kier molecular flexibility index (Phi) is 5.92. The summed E-state index contributed by atoms with van der Waals surface area (Å²) in [4.78, 5) is 12.4. The lowest BCUT2D eigenvalue weighted by atomic mass is 10.2. The molecule has 0 bridgehead atoms. The van der Waals surface area contributed by atoms with Crippen molar-refractivity contribution >= 4 is 23.4 Å². The van der Waals surface area contributed by atoms with Crippen LogP contribution in [0.15, 0.2) is 82.6 Å². The Bertz CT molecular complexity index is 1180. The summed E-state index contributed by atoms with van der Waals surface area (Å²) in [6.45, 7) is 0.554. The first kappa shape index (κ1) is 19.5. The summed E-state index contributed by atoms with van der Waals surface area (Å²) in [7, 11) is 0. The molecule has 0 saturated carbocycles. The Labute approximate surface area is 177 Å². The summed E-state index contributed by atoms with van der Waals surface area (Å²) < 4.78 is 7.43. The first-order valence-corrected chi connectivity index (χ1v) is 10.2. The minimum Gasteiger partial charge on any atom is -0.461 e. The van der Waals surface area contributed by atoms with E-state index in [1.165, 1.54) is 11.8 Å². The van der Waals surface area contributed by atoms with Gasteiger partial charge < -0.3 is 9.73 Å². The lowest BCUT2D eigenvalue weighted by Crippen LogP contribution is -2.15. The zero-order valence-corrected chi connectivity index (χ0v) is 16.7. The number of furan rings is 1. The summed E-state index contributed by atoms with van der Waals surface area (Å²) in [6, 6.07) is 22.4. The van der Waals surface area contributed by atoms with Gasteiger partial charge in [0.25, 0.3) is 0 Å². The molecular formula is C22H17N5O2S. The predicted molar refractivity (Wildman–Crippen MR) is 114 cm³/mol. The van der Waals surface area contributed by atoms with Crippen LogP contribution in [0.3, 0.4) is 0 Å². The second-order valence-corrected chi connectivity index (χ2v) is 7.33. The molecule has 1 N–H and O–H groups in total. The number of benzene rings is 2. The minimum absolute atomic E-state index is 0.155. The molecule has 30 heavy (non-hydrogen) atoms. The Hall–Kier alpha value is -3.83. The Morgan fingerprint density at radius 3 is 2.73 bits per heavy atom. The highest BCUT2D eigenvalue weighted by molar-refractivity contribution is 7.99. The molecule has 0 aliphatic carbocycles. The second kappa shape index (κ2) is 9.11. The molecule has 0 aliphatic rings. The van der Waals surface area contributed by atoms with Crippen molar-refractivity contribution < 1.29 is 9.21 Å². The Morgan fingerprint density at radius 1 is 1.10 bits per heavy atom. The van der Waals surface area contributed by atoms with Gasteiger partial charge in [-0.3, -0.25) is 9.36 Å². The van der Waals surface area contributed by atoms with Gasteiger partial charge in [-0.05, 0) is 35.9 Å². The smallest absolute Gasteiger partial charge is 0.234 e. The summed E-state index contributed by atoms with van der Waals surface area (Å²) in [6.07, 6.45) is 1.59. The van der Waals surface area contributed by atoms with Crippen molar-refractivity contribution in [2.75, 3.05) is 11.1 Å². The van der Waals surface area contributed by atoms with Gasteiger partial charge in [0.2, 0.25) is 11.7 Å². The van der Waals surface area contributed by atoms with Crippen LogP contribution in [0.2, 0.25) is 0 Å². The number of hydrogen-bond acceptors (Lipinski definition) is 6. The predicted octanol–water partition coefficient (Wildman–Crippen LogP) is 4.19. The van der Waals surface area contributed by atoms with E-state index in [9.17, 15) is 4.79 Å². The van der Waals surface area contributed by atoms with Gasteiger partial charge in [-0.15, -0.1) is 10.2 Å². The quantitative estimate of drug-likeness (QED) is 0.455. The van der Waals surface area contributed by atoms with Crippen molar-refractivity contribution in [3.8, 4) is 17.7 Å². The molecule has 0 spiro atoms. The third-order valence-corrected chi connectivity index (χ3v) is 5.22. The van der Waals surface area contributed by atoms with Gasteiger partial charge >= 0.3 is 0 Å². The molecule has 0 atom stereocenters. The van der Waals surface area contributed by atoms with Gasteiger partial charge in [0, 0.05) is 5.69 Å². The SMILES string of the molecule is N#Cc1cccc(NC(=O)CSc2nnc(-c3ccco3)n2Cc2ccccc2)c1. The number of rotatable bonds is 7. The number of nitrogens with one attached hydrogen (secondary N) is 1. The van der Waals surface area contributed by atoms with Crippen molar-refractivity contribution in [1.29, 1.82) is 5.26 Å². The maximum Gasteiger partial charge on any atom is 0.234 e. The van der Waals surface area contributed by atoms with E-state index in [1.807, 2.05) is 41.0 Å². The lowest BCUT2D eigenvalue weighted by molar-refractivity contribution is -0.113. The number of carbonyl (C=O) groups excluding carboxylic acids is 1. The molecule has 1 amide bonds. The van der Waals surface area contributed by atoms with Crippen LogP contribution in [0.4, 0.5) is 5.69 Å². The van der Waals surface area contributed by atoms with Crippen molar-refractivity contribution in [1.82, 2.24) is 14.8 Å². The first-order valence-electron chi connectivity index (χ1n) is 9.17. The zero-order chi connectivity index (χ0) is 20.8. The number of nitrogens with zero attached hydrogens (tertiary/aromatic N) is 4. The number of hydrogen-bond donors (Lipinski definition) is 1. The molecule has 2 aromatic heterocycles. The van der Waals surface area contributed by atoms with E-state index in [1.54, 1.807) is 36.6 Å². The molecule has 4 aromatic rings. The van der Waals surface area contributed by atoms with Gasteiger partial charge in [-0.1, -0.05) is 48.2 Å². The van der Waals surface area contributed by atoms with Gasteiger partial charge in [-0.25, -0.2) is 0 Å². The third kappa shape index (κ3) is 4.59. The van der Waals surface area contributed by atoms with Crippen LogP contribution in [-0.4, -0.2) is 26.4 Å². The van der Waals surface area contributed by atoms with E-state index < -0.39 is 0 Å². The molecule has 4 rings (SSSR count). The van der Waals surface area contributed by atoms with Crippen molar-refractivity contribution in [3.05, 3.63) is 84.1 Å². The van der Waals surface area contributed by atoms with Crippen LogP contribution < -0.4 is 5.32 Å². The van der Waals surface area contributed by atoms with E-state index in [0.717, 1.165) is 5.56 Å². The van der Waals surface area contributed by atoms with E-state index in [2.05, 4.69) is 21.6 Å². The molecule has 8 heteroatoms. The van der Waals surface area contributed by atoms with Crippen LogP contribution in [0, 0.1) is 11.3 Å². The highest BCUT2D eigenvalue weighted by atomic mass is 32.2. The number of anilines is 1. The fraction of sp³-hybridized carbons (Fsp3) is 0.0909. The average Bonchev–Trinajstić information content (AvgIpc) is 3.43. The molecule has 7 nitrogen and oxygen atoms in total. The summed E-state index contributed by atoms with van der Waals surface area (Å²) >= 11 is 1.29. The first-order chi connectivity index (χ1) is 14.7. The Morgan fingerprint density at radius 2 is 1.97 bits per heavy atom. The molecular weight excluding hydrogens is 398 g/mol. The standard InChI is InChI=1S/C22H17N5O2S/c23-13-17-8-4-9-18(12-17)24-20(28)15-30-22-26-25-21(19-10-5-11-29-19)27(22)14-16-6-2-1-3-7-16/h1-12H,14-15H2,(H,24,28). The van der Waals surface area contributed by atoms with Gasteiger partial charge in [0.1, 0.15) is 0 Å². The minimum atomic E-state index is -0.191.